The lowest BCUT2D eigenvalue weighted by Crippen LogP contribution is -1.98. The molecule has 2 rings (SSSR count). The normalized spacial score (nSPS) is 10.4. The van der Waals surface area contributed by atoms with Crippen molar-refractivity contribution in [2.75, 3.05) is 0 Å². The van der Waals surface area contributed by atoms with E-state index >= 15 is 0 Å². The van der Waals surface area contributed by atoms with Crippen LogP contribution >= 0.6 is 0 Å². The van der Waals surface area contributed by atoms with E-state index in [0.29, 0.717) is 6.07 Å². The zero-order chi connectivity index (χ0) is 13.3. The quantitative estimate of drug-likeness (QED) is 0.582. The summed E-state index contributed by atoms with van der Waals surface area (Å²) in [4.78, 5) is 11.4. The fourth-order valence-electron chi connectivity index (χ4n) is 1.75. The molecule has 0 heterocycles. The van der Waals surface area contributed by atoms with Gasteiger partial charge in [-0.25, -0.2) is 13.2 Å². The van der Waals surface area contributed by atoms with Gasteiger partial charge in [-0.3, -0.25) is 4.79 Å². The van der Waals surface area contributed by atoms with E-state index in [4.69, 9.17) is 0 Å². The number of ketones is 1. The van der Waals surface area contributed by atoms with Crippen LogP contribution in [0.25, 0.3) is 11.1 Å². The molecule has 0 atom stereocenters. The number of halogens is 3. The molecule has 0 radical (unpaired) electrons. The Labute approximate surface area is 102 Å². The summed E-state index contributed by atoms with van der Waals surface area (Å²) in [5.74, 6) is -3.57. The second-order valence-electron chi connectivity index (χ2n) is 3.85. The summed E-state index contributed by atoms with van der Waals surface area (Å²) in [6, 6.07) is 7.46. The third kappa shape index (κ3) is 2.14. The summed E-state index contributed by atoms with van der Waals surface area (Å²) < 4.78 is 39.6. The first-order chi connectivity index (χ1) is 8.50. The fraction of sp³-hybridized carbons (Fsp3) is 0.0714. The summed E-state index contributed by atoms with van der Waals surface area (Å²) in [5, 5.41) is 0. The minimum atomic E-state index is -1.25. The van der Waals surface area contributed by atoms with Crippen molar-refractivity contribution >= 4 is 5.78 Å². The van der Waals surface area contributed by atoms with Crippen molar-refractivity contribution in [3.63, 3.8) is 0 Å². The number of hydrogen-bond acceptors (Lipinski definition) is 1. The van der Waals surface area contributed by atoms with Gasteiger partial charge in [-0.2, -0.15) is 0 Å². The van der Waals surface area contributed by atoms with Gasteiger partial charge in [0.15, 0.2) is 17.4 Å². The molecule has 0 spiro atoms. The average Bonchev–Trinajstić information content (AvgIpc) is 2.34. The Morgan fingerprint density at radius 1 is 0.889 bits per heavy atom. The summed E-state index contributed by atoms with van der Waals surface area (Å²) in [6.45, 7) is 1.33. The Balaban J connectivity index is 2.69. The molecule has 0 unspecified atom stereocenters. The highest BCUT2D eigenvalue weighted by Crippen LogP contribution is 2.28. The van der Waals surface area contributed by atoms with Gasteiger partial charge in [-0.05, 0) is 18.6 Å². The van der Waals surface area contributed by atoms with Gasteiger partial charge in [0.05, 0.1) is 0 Å². The molecule has 0 fully saturated rings. The molecule has 0 aromatic heterocycles. The molecule has 0 bridgehead atoms. The molecule has 2 aromatic rings. The number of hydrogen-bond donors (Lipinski definition) is 0. The molecule has 4 heteroatoms. The predicted molar refractivity (Wildman–Crippen MR) is 61.8 cm³/mol. The molecule has 0 amide bonds. The van der Waals surface area contributed by atoms with Crippen LogP contribution in [-0.4, -0.2) is 5.78 Å². The lowest BCUT2D eigenvalue weighted by molar-refractivity contribution is 0.101. The molecule has 92 valence electrons. The number of rotatable bonds is 2. The molecule has 0 aliphatic carbocycles. The standard InChI is InChI=1S/C14H9F3O/c1-8(18)9-4-2-3-5-10(9)11-6-13(16)14(17)7-12(11)15/h2-7H,1H3. The first-order valence-electron chi connectivity index (χ1n) is 5.25. The second-order valence-corrected chi connectivity index (χ2v) is 3.85. The van der Waals surface area contributed by atoms with E-state index in [1.165, 1.54) is 19.1 Å². The van der Waals surface area contributed by atoms with Crippen LogP contribution in [0.4, 0.5) is 13.2 Å². The lowest BCUT2D eigenvalue weighted by atomic mass is 9.97. The van der Waals surface area contributed by atoms with Crippen molar-refractivity contribution in [1.82, 2.24) is 0 Å². The zero-order valence-corrected chi connectivity index (χ0v) is 9.51. The van der Waals surface area contributed by atoms with E-state index in [9.17, 15) is 18.0 Å². The van der Waals surface area contributed by atoms with Gasteiger partial charge in [0.1, 0.15) is 5.82 Å². The summed E-state index contributed by atoms with van der Waals surface area (Å²) >= 11 is 0. The van der Waals surface area contributed by atoms with Crippen LogP contribution in [0.3, 0.4) is 0 Å². The maximum atomic E-state index is 13.6. The zero-order valence-electron chi connectivity index (χ0n) is 9.51. The third-order valence-electron chi connectivity index (χ3n) is 2.61. The Morgan fingerprint density at radius 2 is 1.50 bits per heavy atom. The van der Waals surface area contributed by atoms with Crippen molar-refractivity contribution in [2.24, 2.45) is 0 Å². The van der Waals surface area contributed by atoms with Crippen LogP contribution < -0.4 is 0 Å². The molecule has 18 heavy (non-hydrogen) atoms. The maximum absolute atomic E-state index is 13.6. The van der Waals surface area contributed by atoms with Gasteiger partial charge in [-0.15, -0.1) is 0 Å². The SMILES string of the molecule is CC(=O)c1ccccc1-c1cc(F)c(F)cc1F. The van der Waals surface area contributed by atoms with Crippen LogP contribution in [0.5, 0.6) is 0 Å². The van der Waals surface area contributed by atoms with E-state index in [2.05, 4.69) is 0 Å². The van der Waals surface area contributed by atoms with Gasteiger partial charge in [-0.1, -0.05) is 24.3 Å². The van der Waals surface area contributed by atoms with Gasteiger partial charge in [0.2, 0.25) is 0 Å². The van der Waals surface area contributed by atoms with Crippen molar-refractivity contribution in [1.29, 1.82) is 0 Å². The van der Waals surface area contributed by atoms with E-state index in [0.717, 1.165) is 6.07 Å². The van der Waals surface area contributed by atoms with Crippen molar-refractivity contribution in [2.45, 2.75) is 6.92 Å². The van der Waals surface area contributed by atoms with Crippen molar-refractivity contribution in [3.8, 4) is 11.1 Å². The Hall–Kier alpha value is -2.10. The van der Waals surface area contributed by atoms with E-state index in [1.54, 1.807) is 12.1 Å². The predicted octanol–water partition coefficient (Wildman–Crippen LogP) is 3.97. The molecule has 0 aliphatic heterocycles. The fourth-order valence-corrected chi connectivity index (χ4v) is 1.75. The molecule has 2 aromatic carbocycles. The Morgan fingerprint density at radius 3 is 2.17 bits per heavy atom. The molecular weight excluding hydrogens is 241 g/mol. The third-order valence-corrected chi connectivity index (χ3v) is 2.61. The van der Waals surface area contributed by atoms with Crippen LogP contribution in [-0.2, 0) is 0 Å². The molecule has 0 saturated heterocycles. The average molecular weight is 250 g/mol. The second kappa shape index (κ2) is 4.64. The van der Waals surface area contributed by atoms with Crippen LogP contribution in [0.15, 0.2) is 36.4 Å². The van der Waals surface area contributed by atoms with E-state index in [-0.39, 0.29) is 22.5 Å². The van der Waals surface area contributed by atoms with E-state index < -0.39 is 17.5 Å². The number of benzene rings is 2. The van der Waals surface area contributed by atoms with Crippen LogP contribution in [0.1, 0.15) is 17.3 Å². The van der Waals surface area contributed by atoms with Crippen molar-refractivity contribution in [3.05, 3.63) is 59.4 Å². The number of Topliss-reactive ketones (excluding diaryl/α,β-unsaturated/α-hetero) is 1. The van der Waals surface area contributed by atoms with Gasteiger partial charge in [0, 0.05) is 17.2 Å². The Kier molecular flexibility index (Phi) is 3.19. The monoisotopic (exact) mass is 250 g/mol. The lowest BCUT2D eigenvalue weighted by Gasteiger charge is -2.08. The largest absolute Gasteiger partial charge is 0.294 e. The van der Waals surface area contributed by atoms with Gasteiger partial charge < -0.3 is 0 Å². The molecule has 0 aliphatic rings. The van der Waals surface area contributed by atoms with Crippen LogP contribution in [0.2, 0.25) is 0 Å². The smallest absolute Gasteiger partial charge is 0.161 e. The molecule has 0 saturated carbocycles. The summed E-state index contributed by atoms with van der Waals surface area (Å²) in [6.07, 6.45) is 0. The van der Waals surface area contributed by atoms with Crippen LogP contribution in [0, 0.1) is 17.5 Å². The van der Waals surface area contributed by atoms with Gasteiger partial charge >= 0.3 is 0 Å². The topological polar surface area (TPSA) is 17.1 Å². The summed E-state index contributed by atoms with van der Waals surface area (Å²) in [7, 11) is 0. The first-order valence-corrected chi connectivity index (χ1v) is 5.25. The molecule has 1 nitrogen and oxygen atoms in total. The minimum Gasteiger partial charge on any atom is -0.294 e. The summed E-state index contributed by atoms with van der Waals surface area (Å²) in [5.41, 5.74) is 0.392. The molecular formula is C14H9F3O. The van der Waals surface area contributed by atoms with Gasteiger partial charge in [0.25, 0.3) is 0 Å². The molecule has 0 N–H and O–H groups in total. The minimum absolute atomic E-state index is 0.125. The first kappa shape index (κ1) is 12.4. The maximum Gasteiger partial charge on any atom is 0.161 e. The highest BCUT2D eigenvalue weighted by atomic mass is 19.2. The number of carbonyl (C=O) groups excluding carboxylic acids is 1. The van der Waals surface area contributed by atoms with E-state index in [1.807, 2.05) is 0 Å². The highest BCUT2D eigenvalue weighted by Gasteiger charge is 2.15. The highest BCUT2D eigenvalue weighted by molar-refractivity contribution is 6.00. The van der Waals surface area contributed by atoms with Crippen molar-refractivity contribution < 1.29 is 18.0 Å². The Bertz CT molecular complexity index is 620. The number of carbonyl (C=O) groups is 1.